The summed E-state index contributed by atoms with van der Waals surface area (Å²) < 4.78 is 34.8. The maximum Gasteiger partial charge on any atom is 0.400 e. The minimum atomic E-state index is -3.11. The number of benzene rings is 1. The lowest BCUT2D eigenvalue weighted by atomic mass is 9.70. The van der Waals surface area contributed by atoms with Crippen LogP contribution in [0.3, 0.4) is 0 Å². The Morgan fingerprint density at radius 3 is 2.09 bits per heavy atom. The third kappa shape index (κ3) is 7.20. The van der Waals surface area contributed by atoms with Gasteiger partial charge in [-0.1, -0.05) is 96.6 Å². The van der Waals surface area contributed by atoms with E-state index in [4.69, 9.17) is 4.74 Å². The summed E-state index contributed by atoms with van der Waals surface area (Å²) in [5.41, 5.74) is 1.27. The third-order valence-electron chi connectivity index (χ3n) is 9.65. The lowest BCUT2D eigenvalue weighted by Crippen LogP contribution is -2.33. The minimum absolute atomic E-state index is 0.297. The molecule has 1 atom stereocenters. The zero-order valence-corrected chi connectivity index (χ0v) is 21.8. The van der Waals surface area contributed by atoms with Crippen molar-refractivity contribution in [2.45, 2.75) is 129 Å². The zero-order valence-electron chi connectivity index (χ0n) is 21.8. The first-order valence-corrected chi connectivity index (χ1v) is 14.6. The van der Waals surface area contributed by atoms with E-state index in [-0.39, 0.29) is 0 Å². The van der Waals surface area contributed by atoms with Gasteiger partial charge in [-0.15, -0.1) is 0 Å². The molecule has 3 aliphatic rings. The molecule has 0 aliphatic heterocycles. The largest absolute Gasteiger partial charge is 0.432 e. The number of alkyl halides is 2. The van der Waals surface area contributed by atoms with Gasteiger partial charge in [0.15, 0.2) is 0 Å². The molecule has 4 rings (SSSR count). The lowest BCUT2D eigenvalue weighted by molar-refractivity contribution is -0.213. The Bertz CT molecular complexity index is 707. The second-order valence-electron chi connectivity index (χ2n) is 12.2. The molecule has 0 radical (unpaired) electrons. The van der Waals surface area contributed by atoms with Crippen molar-refractivity contribution in [1.29, 1.82) is 0 Å². The van der Waals surface area contributed by atoms with E-state index in [2.05, 4.69) is 6.92 Å². The minimum Gasteiger partial charge on any atom is -0.432 e. The molecule has 3 heteroatoms. The second kappa shape index (κ2) is 12.2. The van der Waals surface area contributed by atoms with Crippen LogP contribution in [-0.2, 0) is 0 Å². The fourth-order valence-corrected chi connectivity index (χ4v) is 7.09. The van der Waals surface area contributed by atoms with Gasteiger partial charge in [-0.25, -0.2) is 0 Å². The van der Waals surface area contributed by atoms with Crippen molar-refractivity contribution in [3.8, 4) is 5.75 Å². The van der Waals surface area contributed by atoms with E-state index < -0.39 is 12.0 Å². The Labute approximate surface area is 207 Å². The van der Waals surface area contributed by atoms with Crippen molar-refractivity contribution in [2.24, 2.45) is 29.6 Å². The van der Waals surface area contributed by atoms with Gasteiger partial charge in [0, 0.05) is 0 Å². The molecule has 3 saturated carbocycles. The van der Waals surface area contributed by atoms with Gasteiger partial charge in [-0.3, -0.25) is 0 Å². The molecule has 3 aliphatic carbocycles. The molecule has 3 fully saturated rings. The molecule has 0 amide bonds. The van der Waals surface area contributed by atoms with Crippen LogP contribution in [0.5, 0.6) is 5.75 Å². The number of rotatable bonds is 9. The number of halogens is 2. The van der Waals surface area contributed by atoms with Gasteiger partial charge in [0.2, 0.25) is 0 Å². The van der Waals surface area contributed by atoms with Crippen molar-refractivity contribution in [3.05, 3.63) is 29.8 Å². The van der Waals surface area contributed by atoms with E-state index in [0.717, 1.165) is 36.5 Å². The van der Waals surface area contributed by atoms with Gasteiger partial charge in [0.05, 0.1) is 5.92 Å². The van der Waals surface area contributed by atoms with Crippen LogP contribution in [0, 0.1) is 29.6 Å². The van der Waals surface area contributed by atoms with Crippen molar-refractivity contribution in [3.63, 3.8) is 0 Å². The molecule has 0 saturated heterocycles. The van der Waals surface area contributed by atoms with Crippen molar-refractivity contribution < 1.29 is 13.5 Å². The average Bonchev–Trinajstić information content (AvgIpc) is 2.86. The van der Waals surface area contributed by atoms with E-state index >= 15 is 0 Å². The van der Waals surface area contributed by atoms with Gasteiger partial charge in [0.25, 0.3) is 0 Å². The highest BCUT2D eigenvalue weighted by Gasteiger charge is 2.39. The Morgan fingerprint density at radius 2 is 1.44 bits per heavy atom. The van der Waals surface area contributed by atoms with E-state index in [9.17, 15) is 8.78 Å². The van der Waals surface area contributed by atoms with Gasteiger partial charge in [-0.05, 0) is 79.4 Å². The highest BCUT2D eigenvalue weighted by Crippen LogP contribution is 2.42. The first-order chi connectivity index (χ1) is 16.4. The molecular weight excluding hydrogens is 426 g/mol. The maximum absolute atomic E-state index is 14.8. The molecular formula is C31H48F2O. The summed E-state index contributed by atoms with van der Waals surface area (Å²) in [6.45, 7) is 3.97. The number of hydrogen-bond donors (Lipinski definition) is 0. The van der Waals surface area contributed by atoms with Crippen LogP contribution in [0.25, 0.3) is 0 Å². The Kier molecular flexibility index (Phi) is 9.33. The van der Waals surface area contributed by atoms with Crippen molar-refractivity contribution >= 4 is 0 Å². The summed E-state index contributed by atoms with van der Waals surface area (Å²) >= 11 is 0. The van der Waals surface area contributed by atoms with Gasteiger partial charge >= 0.3 is 6.11 Å². The predicted molar refractivity (Wildman–Crippen MR) is 137 cm³/mol. The van der Waals surface area contributed by atoms with Crippen LogP contribution >= 0.6 is 0 Å². The Hall–Kier alpha value is -1.12. The molecule has 1 unspecified atom stereocenters. The number of hydrogen-bond acceptors (Lipinski definition) is 1. The summed E-state index contributed by atoms with van der Waals surface area (Å²) in [5, 5.41) is 0. The van der Waals surface area contributed by atoms with Gasteiger partial charge in [-0.2, -0.15) is 8.78 Å². The molecule has 1 aromatic carbocycles. The lowest BCUT2D eigenvalue weighted by Gasteiger charge is -2.36. The fourth-order valence-electron chi connectivity index (χ4n) is 7.09. The van der Waals surface area contributed by atoms with Crippen LogP contribution < -0.4 is 4.74 Å². The van der Waals surface area contributed by atoms with Crippen molar-refractivity contribution in [2.75, 3.05) is 0 Å². The monoisotopic (exact) mass is 474 g/mol. The van der Waals surface area contributed by atoms with Crippen LogP contribution in [0.4, 0.5) is 8.78 Å². The zero-order chi connectivity index (χ0) is 24.0. The van der Waals surface area contributed by atoms with E-state index in [1.165, 1.54) is 89.0 Å². The Balaban J connectivity index is 1.16. The normalized spacial score (nSPS) is 30.1. The molecule has 1 nitrogen and oxygen atoms in total. The van der Waals surface area contributed by atoms with E-state index in [1.807, 2.05) is 12.1 Å². The average molecular weight is 475 g/mol. The van der Waals surface area contributed by atoms with Gasteiger partial charge in [0.1, 0.15) is 5.75 Å². The van der Waals surface area contributed by atoms with Crippen LogP contribution in [0.2, 0.25) is 0 Å². The fraction of sp³-hybridized carbons (Fsp3) is 0.806. The predicted octanol–water partition coefficient (Wildman–Crippen LogP) is 10.1. The van der Waals surface area contributed by atoms with Crippen molar-refractivity contribution in [1.82, 2.24) is 0 Å². The van der Waals surface area contributed by atoms with Crippen LogP contribution in [0.1, 0.15) is 128 Å². The Morgan fingerprint density at radius 1 is 0.824 bits per heavy atom. The number of ether oxygens (including phenoxy) is 1. The van der Waals surface area contributed by atoms with Crippen LogP contribution in [-0.4, -0.2) is 6.11 Å². The molecule has 0 bridgehead atoms. The molecule has 0 N–H and O–H groups in total. The van der Waals surface area contributed by atoms with E-state index in [1.54, 1.807) is 19.1 Å². The quantitative estimate of drug-likeness (QED) is 0.346. The highest BCUT2D eigenvalue weighted by molar-refractivity contribution is 5.30. The molecule has 1 aromatic rings. The molecule has 192 valence electrons. The molecule has 0 spiro atoms. The topological polar surface area (TPSA) is 9.23 Å². The molecule has 0 aromatic heterocycles. The summed E-state index contributed by atoms with van der Waals surface area (Å²) in [6.07, 6.45) is 16.9. The third-order valence-corrected chi connectivity index (χ3v) is 9.65. The smallest absolute Gasteiger partial charge is 0.400 e. The standard InChI is InChI=1S/C31H48F2O/c1-23-11-15-27(16-12-23)29-19-21-30(22-20-29)34-31(32,33)24(2)7-6-8-25-13-17-28(18-14-25)26-9-4-3-5-10-26/h19-28H,3-18H2,1-2H3. The SMILES string of the molecule is CC1CCC(c2ccc(OC(F)(F)C(C)CCCC3CCC(C4CCCCC4)CC3)cc2)CC1. The van der Waals surface area contributed by atoms with E-state index in [0.29, 0.717) is 18.1 Å². The maximum atomic E-state index is 14.8. The first kappa shape index (κ1) is 26.0. The first-order valence-electron chi connectivity index (χ1n) is 14.6. The van der Waals surface area contributed by atoms with Gasteiger partial charge < -0.3 is 4.74 Å². The highest BCUT2D eigenvalue weighted by atomic mass is 19.3. The molecule has 0 heterocycles. The summed E-state index contributed by atoms with van der Waals surface area (Å²) in [5.74, 6) is 3.60. The summed E-state index contributed by atoms with van der Waals surface area (Å²) in [4.78, 5) is 0. The summed E-state index contributed by atoms with van der Waals surface area (Å²) in [6, 6.07) is 7.50. The molecule has 34 heavy (non-hydrogen) atoms. The summed E-state index contributed by atoms with van der Waals surface area (Å²) in [7, 11) is 0. The van der Waals surface area contributed by atoms with Crippen LogP contribution in [0.15, 0.2) is 24.3 Å². The second-order valence-corrected chi connectivity index (χ2v) is 12.2.